The fourth-order valence-corrected chi connectivity index (χ4v) is 2.16. The highest BCUT2D eigenvalue weighted by Crippen LogP contribution is 2.40. The first-order chi connectivity index (χ1) is 6.83. The Hall–Kier alpha value is -0.900. The molecule has 14 heavy (non-hydrogen) atoms. The van der Waals surface area contributed by atoms with Crippen LogP contribution in [0.1, 0.15) is 55.7 Å². The van der Waals surface area contributed by atoms with Crippen molar-refractivity contribution in [3.63, 3.8) is 0 Å². The number of hydrogen-bond donors (Lipinski definition) is 1. The van der Waals surface area contributed by atoms with Crippen LogP contribution >= 0.6 is 0 Å². The molecule has 2 aliphatic rings. The molecule has 0 radical (unpaired) electrons. The van der Waals surface area contributed by atoms with Gasteiger partial charge in [-0.05, 0) is 32.1 Å². The Balaban J connectivity index is 1.75. The average molecular weight is 193 g/mol. The summed E-state index contributed by atoms with van der Waals surface area (Å²) in [5, 5.41) is 4.02. The lowest BCUT2D eigenvalue weighted by Gasteiger charge is -2.01. The Bertz CT molecular complexity index is 332. The lowest BCUT2D eigenvalue weighted by atomic mass is 10.1. The number of hydrogen-bond acceptors (Lipinski definition) is 4. The molecule has 1 heterocycles. The Kier molecular flexibility index (Phi) is 1.83. The Morgan fingerprint density at radius 1 is 1.14 bits per heavy atom. The Morgan fingerprint density at radius 3 is 2.57 bits per heavy atom. The fourth-order valence-electron chi connectivity index (χ4n) is 2.16. The zero-order valence-electron chi connectivity index (χ0n) is 8.15. The zero-order valence-corrected chi connectivity index (χ0v) is 8.15. The second-order valence-electron chi connectivity index (χ2n) is 4.54. The van der Waals surface area contributed by atoms with Crippen LogP contribution in [0.15, 0.2) is 4.52 Å². The largest absolute Gasteiger partial charge is 0.339 e. The summed E-state index contributed by atoms with van der Waals surface area (Å²) in [6, 6.07) is 0.330. The summed E-state index contributed by atoms with van der Waals surface area (Å²) in [4.78, 5) is 4.46. The first kappa shape index (κ1) is 8.41. The molecule has 0 unspecified atom stereocenters. The van der Waals surface area contributed by atoms with Crippen LogP contribution in [-0.4, -0.2) is 16.2 Å². The molecule has 2 atom stereocenters. The molecule has 2 fully saturated rings. The second-order valence-corrected chi connectivity index (χ2v) is 4.54. The van der Waals surface area contributed by atoms with Crippen LogP contribution in [0.3, 0.4) is 0 Å². The third-order valence-corrected chi connectivity index (χ3v) is 3.22. The van der Waals surface area contributed by atoms with Gasteiger partial charge in [-0.15, -0.1) is 0 Å². The number of nitrogens with two attached hydrogens (primary N) is 1. The van der Waals surface area contributed by atoms with E-state index in [0.29, 0.717) is 17.9 Å². The summed E-state index contributed by atoms with van der Waals surface area (Å²) in [6.07, 6.45) is 5.65. The van der Waals surface area contributed by atoms with Crippen molar-refractivity contribution in [2.75, 3.05) is 0 Å². The molecular weight excluding hydrogens is 178 g/mol. The summed E-state index contributed by atoms with van der Waals surface area (Å²) >= 11 is 0. The lowest BCUT2D eigenvalue weighted by Crippen LogP contribution is -2.14. The molecular formula is C10H15N3O. The van der Waals surface area contributed by atoms with Crippen LogP contribution < -0.4 is 5.73 Å². The van der Waals surface area contributed by atoms with E-state index in [0.717, 1.165) is 31.0 Å². The van der Waals surface area contributed by atoms with Crippen LogP contribution in [0.5, 0.6) is 0 Å². The van der Waals surface area contributed by atoms with Crippen molar-refractivity contribution in [3.8, 4) is 0 Å². The molecule has 0 aliphatic heterocycles. The van der Waals surface area contributed by atoms with Crippen LogP contribution in [0.4, 0.5) is 0 Å². The smallest absolute Gasteiger partial charge is 0.229 e. The molecule has 0 spiro atoms. The molecule has 0 saturated heterocycles. The molecule has 2 N–H and O–H groups in total. The normalized spacial score (nSPS) is 32.4. The maximum Gasteiger partial charge on any atom is 0.229 e. The highest BCUT2D eigenvalue weighted by molar-refractivity contribution is 5.06. The highest BCUT2D eigenvalue weighted by atomic mass is 16.5. The van der Waals surface area contributed by atoms with Crippen molar-refractivity contribution in [3.05, 3.63) is 11.7 Å². The zero-order chi connectivity index (χ0) is 9.54. The van der Waals surface area contributed by atoms with E-state index in [9.17, 15) is 0 Å². The number of nitrogens with zero attached hydrogens (tertiary/aromatic N) is 2. The average Bonchev–Trinajstić information content (AvgIpc) is 2.76. The van der Waals surface area contributed by atoms with E-state index in [4.69, 9.17) is 10.3 Å². The maximum atomic E-state index is 5.85. The molecule has 0 bridgehead atoms. The first-order valence-corrected chi connectivity index (χ1v) is 5.42. The van der Waals surface area contributed by atoms with Crippen LogP contribution in [-0.2, 0) is 0 Å². The summed E-state index contributed by atoms with van der Waals surface area (Å²) in [7, 11) is 0. The molecule has 0 aromatic carbocycles. The fraction of sp³-hybridized carbons (Fsp3) is 0.800. The monoisotopic (exact) mass is 193 g/mol. The molecule has 1 aromatic heterocycles. The van der Waals surface area contributed by atoms with Gasteiger partial charge in [0.2, 0.25) is 5.89 Å². The highest BCUT2D eigenvalue weighted by Gasteiger charge is 2.32. The summed E-state index contributed by atoms with van der Waals surface area (Å²) in [5.74, 6) is 2.74. The predicted molar refractivity (Wildman–Crippen MR) is 50.8 cm³/mol. The van der Waals surface area contributed by atoms with Crippen LogP contribution in [0.25, 0.3) is 0 Å². The third-order valence-electron chi connectivity index (χ3n) is 3.22. The van der Waals surface area contributed by atoms with Crippen molar-refractivity contribution < 1.29 is 4.52 Å². The number of rotatable bonds is 2. The minimum atomic E-state index is 0.330. The molecule has 4 heteroatoms. The van der Waals surface area contributed by atoms with Gasteiger partial charge >= 0.3 is 0 Å². The third kappa shape index (κ3) is 1.43. The van der Waals surface area contributed by atoms with Gasteiger partial charge < -0.3 is 10.3 Å². The Morgan fingerprint density at radius 2 is 1.93 bits per heavy atom. The topological polar surface area (TPSA) is 64.9 Å². The van der Waals surface area contributed by atoms with Crippen LogP contribution in [0, 0.1) is 0 Å². The summed E-state index contributed by atoms with van der Waals surface area (Å²) < 4.78 is 5.28. The van der Waals surface area contributed by atoms with Gasteiger partial charge in [0.15, 0.2) is 5.82 Å². The van der Waals surface area contributed by atoms with E-state index >= 15 is 0 Å². The second kappa shape index (κ2) is 3.05. The SMILES string of the molecule is N[C@H]1CC[C@@H](c2nc(C3CC3)no2)C1. The van der Waals surface area contributed by atoms with Gasteiger partial charge in [-0.2, -0.15) is 4.98 Å². The molecule has 0 amide bonds. The van der Waals surface area contributed by atoms with E-state index in [-0.39, 0.29) is 0 Å². The summed E-state index contributed by atoms with van der Waals surface area (Å²) in [5.41, 5.74) is 5.85. The van der Waals surface area contributed by atoms with Gasteiger partial charge in [0.1, 0.15) is 0 Å². The quantitative estimate of drug-likeness (QED) is 0.773. The van der Waals surface area contributed by atoms with Gasteiger partial charge in [0.25, 0.3) is 0 Å². The molecule has 2 saturated carbocycles. The molecule has 1 aromatic rings. The standard InChI is InChI=1S/C10H15N3O/c11-8-4-3-7(5-8)10-12-9(13-14-10)6-1-2-6/h6-8H,1-5,11H2/t7-,8+/m1/s1. The van der Waals surface area contributed by atoms with Gasteiger partial charge in [-0.3, -0.25) is 0 Å². The number of aromatic nitrogens is 2. The van der Waals surface area contributed by atoms with E-state index in [1.807, 2.05) is 0 Å². The molecule has 3 rings (SSSR count). The predicted octanol–water partition coefficient (Wildman–Crippen LogP) is 1.54. The van der Waals surface area contributed by atoms with Gasteiger partial charge in [0, 0.05) is 17.9 Å². The first-order valence-electron chi connectivity index (χ1n) is 5.42. The molecule has 2 aliphatic carbocycles. The van der Waals surface area contributed by atoms with Crippen molar-refractivity contribution in [1.82, 2.24) is 10.1 Å². The minimum absolute atomic E-state index is 0.330. The van der Waals surface area contributed by atoms with Crippen molar-refractivity contribution >= 4 is 0 Å². The van der Waals surface area contributed by atoms with Gasteiger partial charge in [-0.25, -0.2) is 0 Å². The molecule has 76 valence electrons. The maximum absolute atomic E-state index is 5.85. The van der Waals surface area contributed by atoms with Crippen LogP contribution in [0.2, 0.25) is 0 Å². The van der Waals surface area contributed by atoms with Crippen molar-refractivity contribution in [2.45, 2.75) is 50.0 Å². The van der Waals surface area contributed by atoms with E-state index < -0.39 is 0 Å². The Labute approximate surface area is 82.9 Å². The van der Waals surface area contributed by atoms with E-state index in [1.54, 1.807) is 0 Å². The summed E-state index contributed by atoms with van der Waals surface area (Å²) in [6.45, 7) is 0. The van der Waals surface area contributed by atoms with E-state index in [1.165, 1.54) is 12.8 Å². The van der Waals surface area contributed by atoms with Gasteiger partial charge in [-0.1, -0.05) is 5.16 Å². The van der Waals surface area contributed by atoms with Crippen molar-refractivity contribution in [2.24, 2.45) is 5.73 Å². The lowest BCUT2D eigenvalue weighted by molar-refractivity contribution is 0.349. The van der Waals surface area contributed by atoms with E-state index in [2.05, 4.69) is 10.1 Å². The van der Waals surface area contributed by atoms with Crippen molar-refractivity contribution in [1.29, 1.82) is 0 Å². The minimum Gasteiger partial charge on any atom is -0.339 e. The van der Waals surface area contributed by atoms with Gasteiger partial charge in [0.05, 0.1) is 0 Å². The molecule has 4 nitrogen and oxygen atoms in total.